The third kappa shape index (κ3) is 5.72. The van der Waals surface area contributed by atoms with Crippen LogP contribution in [0.2, 0.25) is 0 Å². The fourth-order valence-electron chi connectivity index (χ4n) is 3.72. The van der Waals surface area contributed by atoms with Crippen molar-refractivity contribution >= 4 is 11.7 Å². The van der Waals surface area contributed by atoms with E-state index in [1.807, 2.05) is 0 Å². The molecule has 0 radical (unpaired) electrons. The van der Waals surface area contributed by atoms with E-state index in [9.17, 15) is 13.6 Å². The molecule has 3 N–H and O–H groups in total. The fraction of sp³-hybridized carbons (Fsp3) is 0.611. The van der Waals surface area contributed by atoms with E-state index in [4.69, 9.17) is 4.74 Å². The maximum absolute atomic E-state index is 12.5. The Hall–Kier alpha value is -2.09. The molecule has 0 unspecified atom stereocenters. The molecule has 0 saturated carbocycles. The Labute approximate surface area is 152 Å². The normalized spacial score (nSPS) is 19.1. The molecule has 8 heteroatoms. The molecule has 0 atom stereocenters. The van der Waals surface area contributed by atoms with Crippen LogP contribution in [0, 0.1) is 0 Å². The van der Waals surface area contributed by atoms with Crippen molar-refractivity contribution in [3.05, 3.63) is 18.2 Å². The smallest absolute Gasteiger partial charge is 0.387 e. The van der Waals surface area contributed by atoms with Gasteiger partial charge >= 0.3 is 12.6 Å². The van der Waals surface area contributed by atoms with Gasteiger partial charge in [-0.3, -0.25) is 0 Å². The van der Waals surface area contributed by atoms with Crippen LogP contribution in [-0.2, 0) is 0 Å². The number of ether oxygens (including phenoxy) is 2. The Bertz CT molecular complexity index is 635. The summed E-state index contributed by atoms with van der Waals surface area (Å²) in [5.74, 6) is 0.0301. The third-order valence-corrected chi connectivity index (χ3v) is 4.16. The Morgan fingerprint density at radius 1 is 1.19 bits per heavy atom. The van der Waals surface area contributed by atoms with Gasteiger partial charge in [-0.15, -0.1) is 0 Å². The van der Waals surface area contributed by atoms with E-state index in [0.717, 1.165) is 12.8 Å². The lowest BCUT2D eigenvalue weighted by Crippen LogP contribution is -2.62. The van der Waals surface area contributed by atoms with Crippen molar-refractivity contribution in [3.63, 3.8) is 0 Å². The fourth-order valence-corrected chi connectivity index (χ4v) is 3.72. The average Bonchev–Trinajstić information content (AvgIpc) is 2.43. The van der Waals surface area contributed by atoms with Crippen molar-refractivity contribution in [2.45, 2.75) is 64.3 Å². The highest BCUT2D eigenvalue weighted by molar-refractivity contribution is 5.89. The summed E-state index contributed by atoms with van der Waals surface area (Å²) in [6.45, 7) is 5.40. The van der Waals surface area contributed by atoms with Gasteiger partial charge in [0, 0.05) is 28.9 Å². The van der Waals surface area contributed by atoms with E-state index in [2.05, 4.69) is 48.4 Å². The summed E-state index contributed by atoms with van der Waals surface area (Å²) in [7, 11) is 1.36. The Kier molecular flexibility index (Phi) is 5.95. The van der Waals surface area contributed by atoms with Gasteiger partial charge in [0.05, 0.1) is 7.11 Å². The Morgan fingerprint density at radius 2 is 1.81 bits per heavy atom. The number of anilines is 1. The number of hydrogen-bond acceptors (Lipinski definition) is 4. The molecule has 1 aliphatic heterocycles. The van der Waals surface area contributed by atoms with Crippen molar-refractivity contribution in [1.29, 1.82) is 0 Å². The lowest BCUT2D eigenvalue weighted by Gasteiger charge is -2.46. The average molecular weight is 371 g/mol. The van der Waals surface area contributed by atoms with Gasteiger partial charge in [0.25, 0.3) is 0 Å². The largest absolute Gasteiger partial charge is 0.493 e. The first-order valence-corrected chi connectivity index (χ1v) is 8.49. The zero-order chi connectivity index (χ0) is 19.5. The first-order valence-electron chi connectivity index (χ1n) is 8.49. The topological polar surface area (TPSA) is 71.6 Å². The van der Waals surface area contributed by atoms with Crippen LogP contribution in [0.4, 0.5) is 19.3 Å². The zero-order valence-electron chi connectivity index (χ0n) is 15.8. The van der Waals surface area contributed by atoms with Crippen LogP contribution in [-0.4, -0.2) is 36.9 Å². The van der Waals surface area contributed by atoms with Crippen LogP contribution in [0.3, 0.4) is 0 Å². The highest BCUT2D eigenvalue weighted by atomic mass is 19.3. The molecule has 0 spiro atoms. The SMILES string of the molecule is COc1ccc(NC(=O)NC2CC(C)(C)NC(C)(C)C2)cc1OC(F)F. The number of nitrogens with one attached hydrogen (secondary N) is 3. The van der Waals surface area contributed by atoms with Crippen molar-refractivity contribution in [2.75, 3.05) is 12.4 Å². The number of halogens is 2. The second kappa shape index (κ2) is 7.65. The molecule has 1 saturated heterocycles. The molecule has 0 aliphatic carbocycles. The molecule has 0 bridgehead atoms. The lowest BCUT2D eigenvalue weighted by atomic mass is 9.80. The molecule has 1 aliphatic rings. The molecule has 1 aromatic carbocycles. The summed E-state index contributed by atoms with van der Waals surface area (Å²) in [4.78, 5) is 12.3. The van der Waals surface area contributed by atoms with Crippen molar-refractivity contribution < 1.29 is 23.0 Å². The monoisotopic (exact) mass is 371 g/mol. The summed E-state index contributed by atoms with van der Waals surface area (Å²) < 4.78 is 34.4. The molecule has 146 valence electrons. The van der Waals surface area contributed by atoms with Gasteiger partial charge in [0.1, 0.15) is 0 Å². The van der Waals surface area contributed by atoms with Crippen molar-refractivity contribution in [2.24, 2.45) is 0 Å². The van der Waals surface area contributed by atoms with E-state index in [1.165, 1.54) is 19.2 Å². The lowest BCUT2D eigenvalue weighted by molar-refractivity contribution is -0.0511. The van der Waals surface area contributed by atoms with Crippen LogP contribution < -0.4 is 25.4 Å². The van der Waals surface area contributed by atoms with E-state index < -0.39 is 12.6 Å². The van der Waals surface area contributed by atoms with Crippen LogP contribution in [0.25, 0.3) is 0 Å². The van der Waals surface area contributed by atoms with Gasteiger partial charge in [-0.2, -0.15) is 8.78 Å². The van der Waals surface area contributed by atoms with Gasteiger partial charge < -0.3 is 25.4 Å². The summed E-state index contributed by atoms with van der Waals surface area (Å²) in [5.41, 5.74) is 0.141. The summed E-state index contributed by atoms with van der Waals surface area (Å²) in [6, 6.07) is 3.94. The second-order valence-electron chi connectivity index (χ2n) is 7.84. The van der Waals surface area contributed by atoms with Crippen LogP contribution in [0.1, 0.15) is 40.5 Å². The minimum absolute atomic E-state index is 0.00344. The summed E-state index contributed by atoms with van der Waals surface area (Å²) in [5, 5.41) is 9.17. The highest BCUT2D eigenvalue weighted by Crippen LogP contribution is 2.32. The predicted octanol–water partition coefficient (Wildman–Crippen LogP) is 3.73. The van der Waals surface area contributed by atoms with Gasteiger partial charge in [0.15, 0.2) is 11.5 Å². The van der Waals surface area contributed by atoms with Crippen LogP contribution >= 0.6 is 0 Å². The highest BCUT2D eigenvalue weighted by Gasteiger charge is 2.38. The molecule has 2 amide bonds. The first kappa shape index (κ1) is 20.2. The van der Waals surface area contributed by atoms with Crippen molar-refractivity contribution in [3.8, 4) is 11.5 Å². The summed E-state index contributed by atoms with van der Waals surface area (Å²) >= 11 is 0. The third-order valence-electron chi connectivity index (χ3n) is 4.16. The number of alkyl halides is 2. The minimum atomic E-state index is -2.98. The standard InChI is InChI=1S/C18H27F2N3O3/c1-17(2)9-12(10-18(3,4)23-17)22-16(24)21-11-6-7-13(25-5)14(8-11)26-15(19)20/h6-8,12,15,23H,9-10H2,1-5H3,(H2,21,22,24). The molecule has 26 heavy (non-hydrogen) atoms. The van der Waals surface area contributed by atoms with Crippen LogP contribution in [0.5, 0.6) is 11.5 Å². The number of amides is 2. The van der Waals surface area contributed by atoms with Gasteiger partial charge in [-0.05, 0) is 52.7 Å². The predicted molar refractivity (Wildman–Crippen MR) is 96.1 cm³/mol. The Morgan fingerprint density at radius 3 is 2.35 bits per heavy atom. The van der Waals surface area contributed by atoms with E-state index >= 15 is 0 Å². The van der Waals surface area contributed by atoms with Crippen LogP contribution in [0.15, 0.2) is 18.2 Å². The number of carbonyl (C=O) groups is 1. The van der Waals surface area contributed by atoms with E-state index in [-0.39, 0.29) is 28.6 Å². The molecule has 0 aromatic heterocycles. The number of benzene rings is 1. The van der Waals surface area contributed by atoms with E-state index in [0.29, 0.717) is 5.69 Å². The minimum Gasteiger partial charge on any atom is -0.493 e. The van der Waals surface area contributed by atoms with Crippen molar-refractivity contribution in [1.82, 2.24) is 10.6 Å². The molecule has 1 aromatic rings. The van der Waals surface area contributed by atoms with E-state index in [1.54, 1.807) is 6.07 Å². The second-order valence-corrected chi connectivity index (χ2v) is 7.84. The quantitative estimate of drug-likeness (QED) is 0.738. The number of urea groups is 1. The number of hydrogen-bond donors (Lipinski definition) is 3. The zero-order valence-corrected chi connectivity index (χ0v) is 15.8. The number of carbonyl (C=O) groups excluding carboxylic acids is 1. The Balaban J connectivity index is 2.03. The maximum atomic E-state index is 12.5. The molecule has 1 heterocycles. The summed E-state index contributed by atoms with van der Waals surface area (Å²) in [6.07, 6.45) is 1.57. The number of rotatable bonds is 5. The first-order chi connectivity index (χ1) is 12.0. The van der Waals surface area contributed by atoms with Gasteiger partial charge in [-0.25, -0.2) is 4.79 Å². The maximum Gasteiger partial charge on any atom is 0.387 e. The van der Waals surface area contributed by atoms with Gasteiger partial charge in [0.2, 0.25) is 0 Å². The molecule has 6 nitrogen and oxygen atoms in total. The number of methoxy groups -OCH3 is 1. The molecule has 2 rings (SSSR count). The molecular formula is C18H27F2N3O3. The van der Waals surface area contributed by atoms with Gasteiger partial charge in [-0.1, -0.05) is 0 Å². The molecule has 1 fully saturated rings. The molecular weight excluding hydrogens is 344 g/mol. The number of piperidine rings is 1.